The van der Waals surface area contributed by atoms with Gasteiger partial charge in [0.15, 0.2) is 17.3 Å². The molecule has 1 N–H and O–H groups in total. The fraction of sp³-hybridized carbons (Fsp3) is 0.227. The van der Waals surface area contributed by atoms with Crippen LogP contribution in [-0.2, 0) is 7.05 Å². The Labute approximate surface area is 179 Å². The molecule has 0 aliphatic rings. The van der Waals surface area contributed by atoms with Gasteiger partial charge >= 0.3 is 0 Å². The number of hydrogen-bond acceptors (Lipinski definition) is 5. The number of halogens is 1. The number of nitrogens with one attached hydrogen (secondary N) is 1. The second kappa shape index (κ2) is 9.00. The first kappa shape index (κ1) is 21.4. The van der Waals surface area contributed by atoms with Crippen LogP contribution >= 0.6 is 11.6 Å². The Morgan fingerprint density at radius 3 is 2.40 bits per heavy atom. The number of anilines is 1. The maximum Gasteiger partial charge on any atom is 0.255 e. The summed E-state index contributed by atoms with van der Waals surface area (Å²) in [4.78, 5) is 29.2. The van der Waals surface area contributed by atoms with Crippen molar-refractivity contribution in [2.45, 2.75) is 20.0 Å². The molecule has 0 bridgehead atoms. The van der Waals surface area contributed by atoms with Crippen LogP contribution in [0, 0.1) is 0 Å². The van der Waals surface area contributed by atoms with E-state index in [4.69, 9.17) is 21.1 Å². The van der Waals surface area contributed by atoms with Crippen molar-refractivity contribution in [1.29, 1.82) is 0 Å². The number of aromatic nitrogens is 2. The average molecular weight is 428 g/mol. The van der Waals surface area contributed by atoms with Gasteiger partial charge in [-0.05, 0) is 50.2 Å². The number of amides is 1. The Morgan fingerprint density at radius 1 is 1.13 bits per heavy atom. The molecule has 0 saturated heterocycles. The van der Waals surface area contributed by atoms with Crippen LogP contribution < -0.4 is 14.8 Å². The van der Waals surface area contributed by atoms with E-state index < -0.39 is 0 Å². The quantitative estimate of drug-likeness (QED) is 0.567. The lowest BCUT2D eigenvalue weighted by Gasteiger charge is -2.16. The molecule has 7 nitrogen and oxygen atoms in total. The number of rotatable bonds is 7. The van der Waals surface area contributed by atoms with E-state index in [9.17, 15) is 9.59 Å². The van der Waals surface area contributed by atoms with Gasteiger partial charge in [0.25, 0.3) is 5.91 Å². The molecule has 0 aliphatic heterocycles. The maximum atomic E-state index is 12.7. The molecular weight excluding hydrogens is 406 g/mol. The number of benzene rings is 2. The molecule has 156 valence electrons. The zero-order valence-corrected chi connectivity index (χ0v) is 17.9. The van der Waals surface area contributed by atoms with Crippen LogP contribution in [0.1, 0.15) is 40.4 Å². The lowest BCUT2D eigenvalue weighted by molar-refractivity contribution is 0.101. The molecule has 1 amide bonds. The second-order valence-electron chi connectivity index (χ2n) is 6.88. The Balaban J connectivity index is 1.77. The number of aryl methyl sites for hydroxylation is 1. The molecule has 0 aliphatic carbocycles. The lowest BCUT2D eigenvalue weighted by Crippen LogP contribution is -2.14. The zero-order chi connectivity index (χ0) is 21.8. The molecule has 2 aromatic carbocycles. The van der Waals surface area contributed by atoms with Crippen molar-refractivity contribution in [3.63, 3.8) is 0 Å². The highest BCUT2D eigenvalue weighted by Gasteiger charge is 2.18. The third kappa shape index (κ3) is 4.63. The predicted molar refractivity (Wildman–Crippen MR) is 115 cm³/mol. The van der Waals surface area contributed by atoms with Gasteiger partial charge < -0.3 is 19.4 Å². The molecule has 0 unspecified atom stereocenters. The molecule has 0 radical (unpaired) electrons. The normalized spacial score (nSPS) is 10.7. The summed E-state index contributed by atoms with van der Waals surface area (Å²) in [5, 5.41) is 3.06. The minimum atomic E-state index is -0.366. The minimum Gasteiger partial charge on any atom is -0.493 e. The van der Waals surface area contributed by atoms with Gasteiger partial charge in [0.2, 0.25) is 5.78 Å². The number of imidazole rings is 1. The van der Waals surface area contributed by atoms with E-state index in [1.54, 1.807) is 54.3 Å². The van der Waals surface area contributed by atoms with Crippen LogP contribution in [0.3, 0.4) is 0 Å². The highest BCUT2D eigenvalue weighted by molar-refractivity contribution is 6.32. The third-order valence-electron chi connectivity index (χ3n) is 4.27. The molecule has 0 spiro atoms. The van der Waals surface area contributed by atoms with E-state index in [1.807, 2.05) is 13.8 Å². The molecule has 0 saturated carbocycles. The van der Waals surface area contributed by atoms with Crippen molar-refractivity contribution in [1.82, 2.24) is 9.55 Å². The van der Waals surface area contributed by atoms with Gasteiger partial charge in [0, 0.05) is 36.3 Å². The van der Waals surface area contributed by atoms with Crippen LogP contribution in [0.5, 0.6) is 11.5 Å². The van der Waals surface area contributed by atoms with Crippen LogP contribution in [0.2, 0.25) is 5.02 Å². The SMILES string of the molecule is COc1cc(C(=O)Nc2ccc(C(=O)c3nccn3C)cc2)cc(Cl)c1OC(C)C. The molecule has 3 rings (SSSR count). The number of ketones is 1. The maximum absolute atomic E-state index is 12.7. The standard InChI is InChI=1S/C22H22ClN3O4/c1-13(2)30-20-17(23)11-15(12-18(20)29-4)22(28)25-16-7-5-14(6-8-16)19(27)21-24-9-10-26(21)3/h5-13H,1-4H3,(H,25,28). The van der Waals surface area contributed by atoms with Gasteiger partial charge in [0.1, 0.15) is 0 Å². The zero-order valence-electron chi connectivity index (χ0n) is 17.1. The summed E-state index contributed by atoms with van der Waals surface area (Å²) in [6.45, 7) is 3.75. The van der Waals surface area contributed by atoms with E-state index in [1.165, 1.54) is 13.2 Å². The van der Waals surface area contributed by atoms with Crippen molar-refractivity contribution in [2.24, 2.45) is 7.05 Å². The van der Waals surface area contributed by atoms with E-state index >= 15 is 0 Å². The molecule has 1 aromatic heterocycles. The summed E-state index contributed by atoms with van der Waals surface area (Å²) >= 11 is 6.29. The van der Waals surface area contributed by atoms with Crippen molar-refractivity contribution in [3.8, 4) is 11.5 Å². The molecule has 0 fully saturated rings. The molecule has 3 aromatic rings. The summed E-state index contributed by atoms with van der Waals surface area (Å²) < 4.78 is 12.6. The Kier molecular flexibility index (Phi) is 6.42. The summed E-state index contributed by atoms with van der Waals surface area (Å²) in [5.41, 5.74) is 1.33. The Hall–Kier alpha value is -3.32. The second-order valence-corrected chi connectivity index (χ2v) is 7.29. The summed E-state index contributed by atoms with van der Waals surface area (Å²) in [6.07, 6.45) is 3.18. The molecule has 1 heterocycles. The fourth-order valence-electron chi connectivity index (χ4n) is 2.82. The summed E-state index contributed by atoms with van der Waals surface area (Å²) in [5.74, 6) is 0.546. The first-order chi connectivity index (χ1) is 14.3. The van der Waals surface area contributed by atoms with Gasteiger partial charge in [-0.15, -0.1) is 0 Å². The molecule has 30 heavy (non-hydrogen) atoms. The van der Waals surface area contributed by atoms with Crippen LogP contribution in [-0.4, -0.2) is 34.5 Å². The van der Waals surface area contributed by atoms with Gasteiger partial charge in [-0.2, -0.15) is 0 Å². The Bertz CT molecular complexity index is 1070. The Morgan fingerprint density at radius 2 is 1.83 bits per heavy atom. The van der Waals surface area contributed by atoms with E-state index in [-0.39, 0.29) is 22.8 Å². The molecule has 8 heteroatoms. The van der Waals surface area contributed by atoms with Gasteiger partial charge in [-0.1, -0.05) is 11.6 Å². The average Bonchev–Trinajstić information content (AvgIpc) is 3.14. The number of hydrogen-bond donors (Lipinski definition) is 1. The van der Waals surface area contributed by atoms with Crippen molar-refractivity contribution >= 4 is 29.0 Å². The number of methoxy groups -OCH3 is 1. The first-order valence-electron chi connectivity index (χ1n) is 9.27. The fourth-order valence-corrected chi connectivity index (χ4v) is 3.08. The lowest BCUT2D eigenvalue weighted by atomic mass is 10.1. The van der Waals surface area contributed by atoms with Crippen molar-refractivity contribution in [2.75, 3.05) is 12.4 Å². The monoisotopic (exact) mass is 427 g/mol. The number of ether oxygens (including phenoxy) is 2. The largest absolute Gasteiger partial charge is 0.493 e. The minimum absolute atomic E-state index is 0.0944. The van der Waals surface area contributed by atoms with Gasteiger partial charge in [-0.25, -0.2) is 4.98 Å². The number of carbonyl (C=O) groups excluding carboxylic acids is 2. The third-order valence-corrected chi connectivity index (χ3v) is 4.56. The van der Waals surface area contributed by atoms with Gasteiger partial charge in [0.05, 0.1) is 18.2 Å². The summed E-state index contributed by atoms with van der Waals surface area (Å²) in [6, 6.07) is 9.68. The number of carbonyl (C=O) groups is 2. The van der Waals surface area contributed by atoms with Gasteiger partial charge in [-0.3, -0.25) is 9.59 Å². The topological polar surface area (TPSA) is 82.5 Å². The predicted octanol–water partition coefficient (Wildman–Crippen LogP) is 4.35. The van der Waals surface area contributed by atoms with Crippen LogP contribution in [0.4, 0.5) is 5.69 Å². The van der Waals surface area contributed by atoms with E-state index in [0.29, 0.717) is 34.1 Å². The highest BCUT2D eigenvalue weighted by Crippen LogP contribution is 2.37. The van der Waals surface area contributed by atoms with E-state index in [0.717, 1.165) is 0 Å². The smallest absolute Gasteiger partial charge is 0.255 e. The first-order valence-corrected chi connectivity index (χ1v) is 9.65. The van der Waals surface area contributed by atoms with Crippen molar-refractivity contribution < 1.29 is 19.1 Å². The summed E-state index contributed by atoms with van der Waals surface area (Å²) in [7, 11) is 3.24. The number of nitrogens with zero attached hydrogens (tertiary/aromatic N) is 2. The highest BCUT2D eigenvalue weighted by atomic mass is 35.5. The van der Waals surface area contributed by atoms with Crippen molar-refractivity contribution in [3.05, 3.63) is 70.8 Å². The van der Waals surface area contributed by atoms with Crippen LogP contribution in [0.15, 0.2) is 48.8 Å². The van der Waals surface area contributed by atoms with Crippen LogP contribution in [0.25, 0.3) is 0 Å². The van der Waals surface area contributed by atoms with E-state index in [2.05, 4.69) is 10.3 Å². The molecular formula is C22H22ClN3O4. The molecule has 0 atom stereocenters.